The Morgan fingerprint density at radius 3 is 1.44 bits per heavy atom. The van der Waals surface area contributed by atoms with E-state index in [2.05, 4.69) is 0 Å². The third-order valence-electron chi connectivity index (χ3n) is 1.32. The summed E-state index contributed by atoms with van der Waals surface area (Å²) in [5.41, 5.74) is -0.289. The van der Waals surface area contributed by atoms with E-state index in [4.69, 9.17) is 35.4 Å². The van der Waals surface area contributed by atoms with Crippen LogP contribution >= 0.6 is 0 Å². The molecule has 0 spiro atoms. The Bertz CT molecular complexity index is 383. The van der Waals surface area contributed by atoms with Gasteiger partial charge >= 0.3 is 12.1 Å². The number of hydrogen-bond donors (Lipinski definition) is 6. The van der Waals surface area contributed by atoms with Crippen LogP contribution in [0.3, 0.4) is 0 Å². The van der Waals surface area contributed by atoms with Crippen molar-refractivity contribution >= 4 is 12.1 Å². The summed E-state index contributed by atoms with van der Waals surface area (Å²) in [6.45, 7) is 0. The first-order valence-corrected chi connectivity index (χ1v) is 3.65. The van der Waals surface area contributed by atoms with Crippen molar-refractivity contribution in [2.75, 3.05) is 0 Å². The van der Waals surface area contributed by atoms with E-state index in [0.29, 0.717) is 0 Å². The van der Waals surface area contributed by atoms with Gasteiger partial charge in [0.15, 0.2) is 17.2 Å². The topological polar surface area (TPSA) is 156 Å². The Balaban J connectivity index is 0.000000487. The van der Waals surface area contributed by atoms with E-state index >= 15 is 0 Å². The maximum Gasteiger partial charge on any atom is 0.503 e. The summed E-state index contributed by atoms with van der Waals surface area (Å²) in [5, 5.41) is 48.9. The maximum atomic E-state index is 10.3. The van der Waals surface area contributed by atoms with Gasteiger partial charge in [-0.15, -0.1) is 0 Å². The lowest BCUT2D eigenvalue weighted by atomic mass is 10.2. The van der Waals surface area contributed by atoms with Crippen LogP contribution in [0.15, 0.2) is 12.1 Å². The van der Waals surface area contributed by atoms with Crippen molar-refractivity contribution in [2.45, 2.75) is 0 Å². The van der Waals surface area contributed by atoms with Gasteiger partial charge < -0.3 is 30.6 Å². The number of carboxylic acids is 1. The van der Waals surface area contributed by atoms with E-state index < -0.39 is 29.4 Å². The minimum Gasteiger partial charge on any atom is -0.504 e. The molecule has 8 heteroatoms. The number of hydrogen-bond acceptors (Lipinski definition) is 5. The lowest BCUT2D eigenvalue weighted by Gasteiger charge is -2.01. The van der Waals surface area contributed by atoms with Crippen molar-refractivity contribution in [1.82, 2.24) is 0 Å². The van der Waals surface area contributed by atoms with Crippen molar-refractivity contribution in [3.63, 3.8) is 0 Å². The van der Waals surface area contributed by atoms with Gasteiger partial charge in [0.1, 0.15) is 0 Å². The SMILES string of the molecule is O=C(O)O.O=C(O)c1cc(O)c(O)c(O)c1. The van der Waals surface area contributed by atoms with Crippen LogP contribution in [-0.2, 0) is 0 Å². The third kappa shape index (κ3) is 4.05. The molecule has 1 rings (SSSR count). The number of aromatic hydroxyl groups is 3. The van der Waals surface area contributed by atoms with Crippen molar-refractivity contribution in [2.24, 2.45) is 0 Å². The molecule has 0 aromatic heterocycles. The summed E-state index contributed by atoms with van der Waals surface area (Å²) >= 11 is 0. The first kappa shape index (κ1) is 13.4. The van der Waals surface area contributed by atoms with Gasteiger partial charge in [0.25, 0.3) is 0 Å². The number of benzene rings is 1. The first-order chi connectivity index (χ1) is 7.25. The van der Waals surface area contributed by atoms with Gasteiger partial charge in [-0.3, -0.25) is 0 Å². The quantitative estimate of drug-likeness (QED) is 0.387. The second-order valence-corrected chi connectivity index (χ2v) is 2.45. The molecule has 0 aliphatic heterocycles. The van der Waals surface area contributed by atoms with Crippen molar-refractivity contribution < 1.29 is 40.2 Å². The summed E-state index contributed by atoms with van der Waals surface area (Å²) in [4.78, 5) is 18.9. The average molecular weight is 232 g/mol. The molecular weight excluding hydrogens is 224 g/mol. The molecule has 88 valence electrons. The van der Waals surface area contributed by atoms with Crippen LogP contribution in [0.25, 0.3) is 0 Å². The van der Waals surface area contributed by atoms with Gasteiger partial charge in [-0.25, -0.2) is 9.59 Å². The van der Waals surface area contributed by atoms with E-state index in [1.807, 2.05) is 0 Å². The molecule has 0 heterocycles. The molecule has 16 heavy (non-hydrogen) atoms. The van der Waals surface area contributed by atoms with Crippen LogP contribution in [0.1, 0.15) is 10.4 Å². The minimum atomic E-state index is -1.83. The standard InChI is InChI=1S/C7H6O5.CH2O3/c8-4-1-3(7(11)12)2-5(9)6(4)10;2-1(3)4/h1-2,8-10H,(H,11,12);(H2,2,3,4). The van der Waals surface area contributed by atoms with Gasteiger partial charge in [-0.05, 0) is 12.1 Å². The highest BCUT2D eigenvalue weighted by atomic mass is 16.6. The highest BCUT2D eigenvalue weighted by Gasteiger charge is 2.11. The molecule has 0 amide bonds. The molecule has 0 unspecified atom stereocenters. The fourth-order valence-corrected chi connectivity index (χ4v) is 0.728. The smallest absolute Gasteiger partial charge is 0.503 e. The number of rotatable bonds is 1. The monoisotopic (exact) mass is 232 g/mol. The van der Waals surface area contributed by atoms with Gasteiger partial charge in [-0.1, -0.05) is 0 Å². The second-order valence-electron chi connectivity index (χ2n) is 2.45. The Morgan fingerprint density at radius 2 is 1.19 bits per heavy atom. The van der Waals surface area contributed by atoms with Gasteiger partial charge in [0.05, 0.1) is 5.56 Å². The zero-order valence-electron chi connectivity index (χ0n) is 7.65. The predicted octanol–water partition coefficient (Wildman–Crippen LogP) is 0.724. The number of phenolic OH excluding ortho intramolecular Hbond substituents is 3. The zero-order valence-corrected chi connectivity index (χ0v) is 7.65. The average Bonchev–Trinajstić information content (AvgIpc) is 2.12. The molecule has 0 atom stereocenters. The summed E-state index contributed by atoms with van der Waals surface area (Å²) in [7, 11) is 0. The Kier molecular flexibility index (Phi) is 4.42. The van der Waals surface area contributed by atoms with E-state index in [1.54, 1.807) is 0 Å². The lowest BCUT2D eigenvalue weighted by Crippen LogP contribution is -1.95. The molecule has 1 aromatic carbocycles. The molecule has 0 saturated heterocycles. The summed E-state index contributed by atoms with van der Waals surface area (Å²) in [6, 6.07) is 1.69. The number of carbonyl (C=O) groups is 2. The summed E-state index contributed by atoms with van der Waals surface area (Å²) in [6.07, 6.45) is -1.83. The normalized spacial score (nSPS) is 8.75. The van der Waals surface area contributed by atoms with Crippen LogP contribution in [0, 0.1) is 0 Å². The van der Waals surface area contributed by atoms with Gasteiger partial charge in [-0.2, -0.15) is 0 Å². The summed E-state index contributed by atoms with van der Waals surface area (Å²) in [5.74, 6) is -3.33. The summed E-state index contributed by atoms with van der Waals surface area (Å²) < 4.78 is 0. The second kappa shape index (κ2) is 5.29. The fraction of sp³-hybridized carbons (Fsp3) is 0. The molecule has 0 aliphatic rings. The Labute approximate surface area is 88.3 Å². The van der Waals surface area contributed by atoms with Gasteiger partial charge in [0, 0.05) is 0 Å². The highest BCUT2D eigenvalue weighted by Crippen LogP contribution is 2.35. The molecule has 0 fully saturated rings. The van der Waals surface area contributed by atoms with Crippen molar-refractivity contribution in [3.8, 4) is 17.2 Å². The van der Waals surface area contributed by atoms with E-state index in [-0.39, 0.29) is 5.56 Å². The highest BCUT2D eigenvalue weighted by molar-refractivity contribution is 5.89. The fourth-order valence-electron chi connectivity index (χ4n) is 0.728. The van der Waals surface area contributed by atoms with E-state index in [9.17, 15) is 4.79 Å². The molecule has 0 saturated carbocycles. The minimum absolute atomic E-state index is 0.289. The van der Waals surface area contributed by atoms with Crippen LogP contribution in [0.2, 0.25) is 0 Å². The largest absolute Gasteiger partial charge is 0.504 e. The molecule has 8 nitrogen and oxygen atoms in total. The van der Waals surface area contributed by atoms with Crippen molar-refractivity contribution in [3.05, 3.63) is 17.7 Å². The number of aromatic carboxylic acids is 1. The first-order valence-electron chi connectivity index (χ1n) is 3.65. The molecule has 6 N–H and O–H groups in total. The van der Waals surface area contributed by atoms with Gasteiger partial charge in [0.2, 0.25) is 0 Å². The number of carboxylic acid groups (broad SMARTS) is 3. The maximum absolute atomic E-state index is 10.3. The Morgan fingerprint density at radius 1 is 0.875 bits per heavy atom. The molecule has 0 aliphatic carbocycles. The zero-order chi connectivity index (χ0) is 12.9. The molecule has 0 radical (unpaired) electrons. The van der Waals surface area contributed by atoms with Crippen LogP contribution in [0.5, 0.6) is 17.2 Å². The lowest BCUT2D eigenvalue weighted by molar-refractivity contribution is 0.0695. The van der Waals surface area contributed by atoms with Crippen molar-refractivity contribution in [1.29, 1.82) is 0 Å². The van der Waals surface area contributed by atoms with Crippen LogP contribution in [0.4, 0.5) is 4.79 Å². The van der Waals surface area contributed by atoms with Crippen LogP contribution < -0.4 is 0 Å². The molecular formula is C8H8O8. The third-order valence-corrected chi connectivity index (χ3v) is 1.32. The number of phenols is 3. The molecule has 1 aromatic rings. The molecule has 0 bridgehead atoms. The predicted molar refractivity (Wildman–Crippen MR) is 49.0 cm³/mol. The van der Waals surface area contributed by atoms with Crippen LogP contribution in [-0.4, -0.2) is 42.8 Å². The van der Waals surface area contributed by atoms with E-state index in [1.165, 1.54) is 0 Å². The Hall–Kier alpha value is -2.64. The van der Waals surface area contributed by atoms with E-state index in [0.717, 1.165) is 12.1 Å².